The summed E-state index contributed by atoms with van der Waals surface area (Å²) in [6.07, 6.45) is 8.93. The SMILES string of the molecule is CC(C)c1nccn1C1CCCCC1N. The van der Waals surface area contributed by atoms with Crippen LogP contribution in [0.4, 0.5) is 0 Å². The molecular weight excluding hydrogens is 186 g/mol. The van der Waals surface area contributed by atoms with Gasteiger partial charge in [-0.3, -0.25) is 0 Å². The van der Waals surface area contributed by atoms with Crippen LogP contribution in [0, 0.1) is 0 Å². The number of hydrogen-bond acceptors (Lipinski definition) is 2. The van der Waals surface area contributed by atoms with Gasteiger partial charge in [-0.2, -0.15) is 0 Å². The smallest absolute Gasteiger partial charge is 0.111 e. The molecule has 84 valence electrons. The Bertz CT molecular complexity index is 316. The summed E-state index contributed by atoms with van der Waals surface area (Å²) < 4.78 is 2.30. The van der Waals surface area contributed by atoms with Crippen molar-refractivity contribution in [2.75, 3.05) is 0 Å². The molecule has 1 aromatic rings. The van der Waals surface area contributed by atoms with Gasteiger partial charge in [-0.25, -0.2) is 4.98 Å². The summed E-state index contributed by atoms with van der Waals surface area (Å²) >= 11 is 0. The van der Waals surface area contributed by atoms with E-state index in [1.807, 2.05) is 6.20 Å². The second-order valence-corrected chi connectivity index (χ2v) is 4.86. The Morgan fingerprint density at radius 2 is 2.13 bits per heavy atom. The molecule has 0 spiro atoms. The van der Waals surface area contributed by atoms with E-state index in [0.29, 0.717) is 18.0 Å². The summed E-state index contributed by atoms with van der Waals surface area (Å²) in [6.45, 7) is 4.38. The molecular formula is C12H21N3. The zero-order valence-corrected chi connectivity index (χ0v) is 9.69. The molecule has 2 unspecified atom stereocenters. The first kappa shape index (κ1) is 10.7. The van der Waals surface area contributed by atoms with Crippen molar-refractivity contribution < 1.29 is 0 Å². The summed E-state index contributed by atoms with van der Waals surface area (Å²) in [6, 6.07) is 0.782. The molecule has 1 aliphatic carbocycles. The van der Waals surface area contributed by atoms with Crippen LogP contribution in [0.1, 0.15) is 57.3 Å². The van der Waals surface area contributed by atoms with E-state index in [-0.39, 0.29) is 0 Å². The van der Waals surface area contributed by atoms with Gasteiger partial charge >= 0.3 is 0 Å². The highest BCUT2D eigenvalue weighted by Crippen LogP contribution is 2.29. The van der Waals surface area contributed by atoms with E-state index in [4.69, 9.17) is 5.73 Å². The van der Waals surface area contributed by atoms with Crippen molar-refractivity contribution in [3.63, 3.8) is 0 Å². The van der Waals surface area contributed by atoms with E-state index in [2.05, 4.69) is 29.6 Å². The molecule has 3 heteroatoms. The third-order valence-corrected chi connectivity index (χ3v) is 3.35. The lowest BCUT2D eigenvalue weighted by Gasteiger charge is -2.31. The van der Waals surface area contributed by atoms with Crippen molar-refractivity contribution in [2.45, 2.75) is 57.5 Å². The Morgan fingerprint density at radius 1 is 1.40 bits per heavy atom. The van der Waals surface area contributed by atoms with Crippen LogP contribution in [0.5, 0.6) is 0 Å². The van der Waals surface area contributed by atoms with Gasteiger partial charge in [0.05, 0.1) is 0 Å². The van der Waals surface area contributed by atoms with Crippen LogP contribution in [0.15, 0.2) is 12.4 Å². The Balaban J connectivity index is 2.23. The maximum Gasteiger partial charge on any atom is 0.111 e. The molecule has 0 bridgehead atoms. The molecule has 1 saturated carbocycles. The number of imidazole rings is 1. The number of nitrogens with two attached hydrogens (primary N) is 1. The highest BCUT2D eigenvalue weighted by atomic mass is 15.1. The lowest BCUT2D eigenvalue weighted by atomic mass is 9.90. The molecule has 1 aliphatic rings. The van der Waals surface area contributed by atoms with Gasteiger partial charge in [-0.1, -0.05) is 26.7 Å². The first-order chi connectivity index (χ1) is 7.20. The van der Waals surface area contributed by atoms with Gasteiger partial charge in [0.1, 0.15) is 5.82 Å². The largest absolute Gasteiger partial charge is 0.330 e. The first-order valence-corrected chi connectivity index (χ1v) is 5.98. The molecule has 0 amide bonds. The predicted molar refractivity (Wildman–Crippen MR) is 61.8 cm³/mol. The van der Waals surface area contributed by atoms with Crippen LogP contribution in [-0.4, -0.2) is 15.6 Å². The van der Waals surface area contributed by atoms with Crippen LogP contribution >= 0.6 is 0 Å². The van der Waals surface area contributed by atoms with Crippen LogP contribution in [0.3, 0.4) is 0 Å². The second kappa shape index (κ2) is 4.35. The van der Waals surface area contributed by atoms with E-state index in [0.717, 1.165) is 6.42 Å². The fourth-order valence-electron chi connectivity index (χ4n) is 2.54. The maximum absolute atomic E-state index is 6.19. The Kier molecular flexibility index (Phi) is 3.10. The minimum absolute atomic E-state index is 0.311. The topological polar surface area (TPSA) is 43.8 Å². The van der Waals surface area contributed by atoms with Crippen LogP contribution in [0.25, 0.3) is 0 Å². The van der Waals surface area contributed by atoms with E-state index in [1.54, 1.807) is 0 Å². The van der Waals surface area contributed by atoms with Gasteiger partial charge in [0, 0.05) is 30.4 Å². The maximum atomic E-state index is 6.19. The van der Waals surface area contributed by atoms with Gasteiger partial charge in [-0.15, -0.1) is 0 Å². The molecule has 0 aliphatic heterocycles. The molecule has 2 rings (SSSR count). The average Bonchev–Trinajstić information content (AvgIpc) is 2.67. The fourth-order valence-corrected chi connectivity index (χ4v) is 2.54. The molecule has 0 aromatic carbocycles. The molecule has 3 nitrogen and oxygen atoms in total. The molecule has 0 radical (unpaired) electrons. The minimum atomic E-state index is 0.311. The predicted octanol–water partition coefficient (Wildman–Crippen LogP) is 2.45. The zero-order valence-electron chi connectivity index (χ0n) is 9.69. The molecule has 1 heterocycles. The van der Waals surface area contributed by atoms with Crippen molar-refractivity contribution in [2.24, 2.45) is 5.73 Å². The molecule has 2 atom stereocenters. The summed E-state index contributed by atoms with van der Waals surface area (Å²) in [7, 11) is 0. The fraction of sp³-hybridized carbons (Fsp3) is 0.750. The van der Waals surface area contributed by atoms with Gasteiger partial charge < -0.3 is 10.3 Å². The molecule has 2 N–H and O–H groups in total. The van der Waals surface area contributed by atoms with Crippen molar-refractivity contribution in [1.82, 2.24) is 9.55 Å². The van der Waals surface area contributed by atoms with E-state index in [1.165, 1.54) is 25.1 Å². The normalized spacial score (nSPS) is 27.2. The third-order valence-electron chi connectivity index (χ3n) is 3.35. The summed E-state index contributed by atoms with van der Waals surface area (Å²) in [5.41, 5.74) is 6.19. The van der Waals surface area contributed by atoms with Gasteiger partial charge in [0.2, 0.25) is 0 Å². The van der Waals surface area contributed by atoms with Crippen molar-refractivity contribution in [3.8, 4) is 0 Å². The number of nitrogens with zero attached hydrogens (tertiary/aromatic N) is 2. The summed E-state index contributed by atoms with van der Waals surface area (Å²) in [4.78, 5) is 4.43. The van der Waals surface area contributed by atoms with Gasteiger partial charge in [-0.05, 0) is 12.8 Å². The Hall–Kier alpha value is -0.830. The quantitative estimate of drug-likeness (QED) is 0.809. The van der Waals surface area contributed by atoms with Crippen LogP contribution in [0.2, 0.25) is 0 Å². The zero-order chi connectivity index (χ0) is 10.8. The molecule has 15 heavy (non-hydrogen) atoms. The highest BCUT2D eigenvalue weighted by molar-refractivity contribution is 5.02. The van der Waals surface area contributed by atoms with E-state index >= 15 is 0 Å². The lowest BCUT2D eigenvalue weighted by molar-refractivity contribution is 0.298. The van der Waals surface area contributed by atoms with Crippen molar-refractivity contribution in [3.05, 3.63) is 18.2 Å². The Labute approximate surface area is 91.7 Å². The first-order valence-electron chi connectivity index (χ1n) is 5.98. The van der Waals surface area contributed by atoms with E-state index < -0.39 is 0 Å². The van der Waals surface area contributed by atoms with Crippen LogP contribution in [-0.2, 0) is 0 Å². The number of hydrogen-bond donors (Lipinski definition) is 1. The number of aromatic nitrogens is 2. The van der Waals surface area contributed by atoms with Crippen molar-refractivity contribution in [1.29, 1.82) is 0 Å². The molecule has 1 aromatic heterocycles. The molecule has 0 saturated heterocycles. The van der Waals surface area contributed by atoms with Gasteiger partial charge in [0.25, 0.3) is 0 Å². The third kappa shape index (κ3) is 2.07. The summed E-state index contributed by atoms with van der Waals surface area (Å²) in [5, 5.41) is 0. The Morgan fingerprint density at radius 3 is 2.80 bits per heavy atom. The van der Waals surface area contributed by atoms with Crippen LogP contribution < -0.4 is 5.73 Å². The van der Waals surface area contributed by atoms with Crippen molar-refractivity contribution >= 4 is 0 Å². The number of rotatable bonds is 2. The summed E-state index contributed by atoms with van der Waals surface area (Å²) in [5.74, 6) is 1.66. The average molecular weight is 207 g/mol. The molecule has 1 fully saturated rings. The van der Waals surface area contributed by atoms with Gasteiger partial charge in [0.15, 0.2) is 0 Å². The minimum Gasteiger partial charge on any atom is -0.330 e. The standard InChI is InChI=1S/C12H21N3/c1-9(2)12-14-7-8-15(12)11-6-4-3-5-10(11)13/h7-11H,3-6,13H2,1-2H3. The lowest BCUT2D eigenvalue weighted by Crippen LogP contribution is -2.35. The monoisotopic (exact) mass is 207 g/mol. The highest BCUT2D eigenvalue weighted by Gasteiger charge is 2.25. The van der Waals surface area contributed by atoms with E-state index in [9.17, 15) is 0 Å². The second-order valence-electron chi connectivity index (χ2n) is 4.86.